The zero-order chi connectivity index (χ0) is 20.1. The van der Waals surface area contributed by atoms with Crippen molar-refractivity contribution in [2.24, 2.45) is 11.8 Å². The molecule has 2 N–H and O–H groups in total. The average molecular weight is 423 g/mol. The Morgan fingerprint density at radius 2 is 2.11 bits per heavy atom. The molecule has 2 unspecified atom stereocenters. The molecule has 1 aliphatic rings. The second-order valence-corrected chi connectivity index (χ2v) is 8.70. The number of carboxylic acid groups (broad SMARTS) is 1. The van der Waals surface area contributed by atoms with Gasteiger partial charge in [-0.05, 0) is 67.5 Å². The highest BCUT2D eigenvalue weighted by atomic mass is 35.5. The van der Waals surface area contributed by atoms with Crippen molar-refractivity contribution in [2.45, 2.75) is 38.7 Å². The van der Waals surface area contributed by atoms with Gasteiger partial charge in [-0.2, -0.15) is 0 Å². The summed E-state index contributed by atoms with van der Waals surface area (Å²) in [4.78, 5) is 24.7. The number of aliphatic hydroxyl groups is 1. The van der Waals surface area contributed by atoms with Crippen LogP contribution in [-0.4, -0.2) is 28.6 Å². The Labute approximate surface area is 172 Å². The standard InChI is InChI=1S/C21H23ClO5S/c22-15-8-13(11-23)9-16(10-15)27-12-18-14(4-6-19(18)24)2-1-3-17-5-7-20(28-17)21(25)26/h5,7-10,14,18,23H,1-4,6,11-12H2,(H,25,26). The van der Waals surface area contributed by atoms with Crippen LogP contribution in [0.4, 0.5) is 0 Å². The lowest BCUT2D eigenvalue weighted by Gasteiger charge is -2.19. The van der Waals surface area contributed by atoms with Crippen LogP contribution in [0.2, 0.25) is 5.02 Å². The molecule has 5 nitrogen and oxygen atoms in total. The summed E-state index contributed by atoms with van der Waals surface area (Å²) in [6.45, 7) is 0.199. The molecule has 28 heavy (non-hydrogen) atoms. The quantitative estimate of drug-likeness (QED) is 0.617. The van der Waals surface area contributed by atoms with E-state index in [1.54, 1.807) is 24.3 Å². The SMILES string of the molecule is O=C(O)c1ccc(CCCC2CCC(=O)C2COc2cc(Cl)cc(CO)c2)s1. The van der Waals surface area contributed by atoms with Gasteiger partial charge in [-0.15, -0.1) is 11.3 Å². The summed E-state index contributed by atoms with van der Waals surface area (Å²) in [5.74, 6) is 0.0612. The first-order valence-electron chi connectivity index (χ1n) is 9.34. The number of hydrogen-bond acceptors (Lipinski definition) is 5. The third kappa shape index (κ3) is 5.34. The number of aryl methyl sites for hydroxylation is 1. The molecule has 7 heteroatoms. The van der Waals surface area contributed by atoms with Gasteiger partial charge in [0.05, 0.1) is 19.1 Å². The van der Waals surface area contributed by atoms with Gasteiger partial charge in [-0.3, -0.25) is 4.79 Å². The maximum absolute atomic E-state index is 12.3. The molecule has 1 heterocycles. The van der Waals surface area contributed by atoms with Gasteiger partial charge in [0, 0.05) is 16.3 Å². The molecular weight excluding hydrogens is 400 g/mol. The minimum Gasteiger partial charge on any atom is -0.493 e. The summed E-state index contributed by atoms with van der Waals surface area (Å²) in [5, 5.41) is 18.8. The van der Waals surface area contributed by atoms with E-state index in [2.05, 4.69) is 0 Å². The van der Waals surface area contributed by atoms with Crippen LogP contribution < -0.4 is 4.74 Å². The Morgan fingerprint density at radius 1 is 1.29 bits per heavy atom. The number of aliphatic hydroxyl groups excluding tert-OH is 1. The Morgan fingerprint density at radius 3 is 2.82 bits per heavy atom. The molecule has 1 aromatic heterocycles. The Hall–Kier alpha value is -1.89. The summed E-state index contributed by atoms with van der Waals surface area (Å²) in [5.41, 5.74) is 0.675. The number of aromatic carboxylic acids is 1. The number of carboxylic acids is 1. The summed E-state index contributed by atoms with van der Waals surface area (Å²) >= 11 is 7.35. The molecule has 0 bridgehead atoms. The molecule has 2 aromatic rings. The monoisotopic (exact) mass is 422 g/mol. The Kier molecular flexibility index (Phi) is 7.10. The predicted molar refractivity (Wildman–Crippen MR) is 108 cm³/mol. The minimum atomic E-state index is -0.889. The van der Waals surface area contributed by atoms with Gasteiger partial charge in [0.15, 0.2) is 0 Å². The molecule has 1 aromatic carbocycles. The number of Topliss-reactive ketones (excluding diaryl/α,β-unsaturated/α-hetero) is 1. The molecule has 1 aliphatic carbocycles. The van der Waals surface area contributed by atoms with Gasteiger partial charge in [-0.1, -0.05) is 11.6 Å². The molecule has 3 rings (SSSR count). The first-order chi connectivity index (χ1) is 13.5. The van der Waals surface area contributed by atoms with Crippen molar-refractivity contribution in [1.29, 1.82) is 0 Å². The van der Waals surface area contributed by atoms with Crippen molar-refractivity contribution in [2.75, 3.05) is 6.61 Å². The van der Waals surface area contributed by atoms with Crippen molar-refractivity contribution < 1.29 is 24.5 Å². The fraction of sp³-hybridized carbons (Fsp3) is 0.429. The number of halogens is 1. The molecule has 1 saturated carbocycles. The first-order valence-corrected chi connectivity index (χ1v) is 10.5. The summed E-state index contributed by atoms with van der Waals surface area (Å²) in [6.07, 6.45) is 4.11. The summed E-state index contributed by atoms with van der Waals surface area (Å²) < 4.78 is 5.83. The highest BCUT2D eigenvalue weighted by Gasteiger charge is 2.34. The lowest BCUT2D eigenvalue weighted by atomic mass is 9.91. The van der Waals surface area contributed by atoms with Gasteiger partial charge in [0.1, 0.15) is 16.4 Å². The Balaban J connectivity index is 1.52. The maximum Gasteiger partial charge on any atom is 0.345 e. The van der Waals surface area contributed by atoms with E-state index in [4.69, 9.17) is 21.4 Å². The van der Waals surface area contributed by atoms with Crippen LogP contribution in [0.1, 0.15) is 45.8 Å². The number of carbonyl (C=O) groups excluding carboxylic acids is 1. The number of thiophene rings is 1. The van der Waals surface area contributed by atoms with Crippen LogP contribution in [0.15, 0.2) is 30.3 Å². The normalized spacial score (nSPS) is 19.1. The fourth-order valence-corrected chi connectivity index (χ4v) is 4.83. The van der Waals surface area contributed by atoms with Crippen LogP contribution in [0.25, 0.3) is 0 Å². The molecule has 0 radical (unpaired) electrons. The third-order valence-electron chi connectivity index (χ3n) is 5.16. The summed E-state index contributed by atoms with van der Waals surface area (Å²) in [7, 11) is 0. The molecule has 0 aliphatic heterocycles. The molecule has 150 valence electrons. The van der Waals surface area contributed by atoms with Gasteiger partial charge in [0.25, 0.3) is 0 Å². The number of ether oxygens (including phenoxy) is 1. The summed E-state index contributed by atoms with van der Waals surface area (Å²) in [6, 6.07) is 8.61. The van der Waals surface area contributed by atoms with E-state index >= 15 is 0 Å². The van der Waals surface area contributed by atoms with E-state index in [-0.39, 0.29) is 24.2 Å². The van der Waals surface area contributed by atoms with Crippen molar-refractivity contribution in [3.05, 3.63) is 50.7 Å². The predicted octanol–water partition coefficient (Wildman–Crippen LogP) is 4.59. The lowest BCUT2D eigenvalue weighted by molar-refractivity contribution is -0.122. The van der Waals surface area contributed by atoms with Crippen LogP contribution in [0.3, 0.4) is 0 Å². The van der Waals surface area contributed by atoms with E-state index in [0.29, 0.717) is 34.2 Å². The largest absolute Gasteiger partial charge is 0.493 e. The van der Waals surface area contributed by atoms with Gasteiger partial charge >= 0.3 is 5.97 Å². The van der Waals surface area contributed by atoms with Crippen LogP contribution in [0.5, 0.6) is 5.75 Å². The van der Waals surface area contributed by atoms with Crippen LogP contribution in [-0.2, 0) is 17.8 Å². The van der Waals surface area contributed by atoms with E-state index in [9.17, 15) is 14.7 Å². The molecule has 0 amide bonds. The number of ketones is 1. The second kappa shape index (κ2) is 9.54. The number of benzene rings is 1. The average Bonchev–Trinajstić information content (AvgIpc) is 3.27. The molecule has 1 fully saturated rings. The van der Waals surface area contributed by atoms with Gasteiger partial charge in [-0.25, -0.2) is 4.79 Å². The van der Waals surface area contributed by atoms with Gasteiger partial charge < -0.3 is 14.9 Å². The van der Waals surface area contributed by atoms with Crippen molar-refractivity contribution in [1.82, 2.24) is 0 Å². The third-order valence-corrected chi connectivity index (χ3v) is 6.51. The van der Waals surface area contributed by atoms with Crippen LogP contribution >= 0.6 is 22.9 Å². The van der Waals surface area contributed by atoms with Crippen molar-refractivity contribution in [3.63, 3.8) is 0 Å². The number of rotatable bonds is 9. The highest BCUT2D eigenvalue weighted by Crippen LogP contribution is 2.34. The van der Waals surface area contributed by atoms with E-state index in [1.165, 1.54) is 11.3 Å². The second-order valence-electron chi connectivity index (χ2n) is 7.10. The van der Waals surface area contributed by atoms with Crippen molar-refractivity contribution in [3.8, 4) is 5.75 Å². The zero-order valence-corrected chi connectivity index (χ0v) is 17.0. The lowest BCUT2D eigenvalue weighted by Crippen LogP contribution is -2.23. The molecule has 0 spiro atoms. The number of hydrogen-bond donors (Lipinski definition) is 2. The fourth-order valence-electron chi connectivity index (χ4n) is 3.70. The molecular formula is C21H23ClO5S. The van der Waals surface area contributed by atoms with Crippen LogP contribution in [0, 0.1) is 11.8 Å². The highest BCUT2D eigenvalue weighted by molar-refractivity contribution is 7.13. The van der Waals surface area contributed by atoms with Gasteiger partial charge in [0.2, 0.25) is 0 Å². The minimum absolute atomic E-state index is 0.117. The first kappa shape index (κ1) is 20.8. The van der Waals surface area contributed by atoms with E-state index < -0.39 is 5.97 Å². The Bertz CT molecular complexity index is 847. The van der Waals surface area contributed by atoms with E-state index in [0.717, 1.165) is 30.6 Å². The smallest absolute Gasteiger partial charge is 0.345 e. The zero-order valence-electron chi connectivity index (χ0n) is 15.4. The molecule has 2 atom stereocenters. The topological polar surface area (TPSA) is 83.8 Å². The number of carbonyl (C=O) groups is 2. The maximum atomic E-state index is 12.3. The van der Waals surface area contributed by atoms with E-state index in [1.807, 2.05) is 6.07 Å². The molecule has 0 saturated heterocycles. The van der Waals surface area contributed by atoms with Crippen molar-refractivity contribution >= 4 is 34.7 Å².